The minimum atomic E-state index is 0. The largest absolute Gasteiger partial charge is 1.00 e. The summed E-state index contributed by atoms with van der Waals surface area (Å²) >= 11 is 0. The Hall–Kier alpha value is 0.685. The number of hydrogen-bond donors (Lipinski definition) is 0. The first kappa shape index (κ1) is 11.7. The van der Waals surface area contributed by atoms with Crippen molar-refractivity contribution in [3.8, 4) is 0 Å². The van der Waals surface area contributed by atoms with Gasteiger partial charge in [-0.1, -0.05) is 12.9 Å². The van der Waals surface area contributed by atoms with Crippen molar-refractivity contribution in [2.24, 2.45) is 0 Å². The summed E-state index contributed by atoms with van der Waals surface area (Å²) in [7, 11) is 1.72. The van der Waals surface area contributed by atoms with Gasteiger partial charge in [-0.25, -0.2) is 0 Å². The number of aromatic nitrogens is 2. The van der Waals surface area contributed by atoms with E-state index in [0.29, 0.717) is 0 Å². The summed E-state index contributed by atoms with van der Waals surface area (Å²) in [6, 6.07) is 1.85. The summed E-state index contributed by atoms with van der Waals surface area (Å²) in [5, 5.41) is 3.94. The predicted octanol–water partition coefficient (Wildman–Crippen LogP) is -1.27. The van der Waals surface area contributed by atoms with Crippen molar-refractivity contribution in [2.45, 2.75) is 13.8 Å². The molecule has 0 unspecified atom stereocenters. The maximum absolute atomic E-state index is 4.11. The van der Waals surface area contributed by atoms with Gasteiger partial charge in [0.25, 0.3) is 0 Å². The molecule has 0 saturated heterocycles. The van der Waals surface area contributed by atoms with Gasteiger partial charge in [0.1, 0.15) is 0 Å². The van der Waals surface area contributed by atoms with Crippen LogP contribution in [0.5, 0.6) is 0 Å². The van der Waals surface area contributed by atoms with Gasteiger partial charge >= 0.3 is 58.2 Å². The quantitative estimate of drug-likeness (QED) is 0.594. The molecule has 0 N–H and O–H groups in total. The van der Waals surface area contributed by atoms with E-state index in [1.165, 1.54) is 0 Å². The molecule has 54 valence electrons. The molecule has 0 fully saturated rings. The van der Waals surface area contributed by atoms with Gasteiger partial charge < -0.3 is 10.3 Å². The van der Waals surface area contributed by atoms with Crippen molar-refractivity contribution in [3.05, 3.63) is 22.9 Å². The Kier molecular flexibility index (Phi) is 5.69. The third kappa shape index (κ3) is 3.74. The van der Waals surface area contributed by atoms with Crippen molar-refractivity contribution < 1.29 is 58.2 Å². The molecule has 0 bridgehead atoms. The fourth-order valence-electron chi connectivity index (χ4n) is 0.812. The van der Waals surface area contributed by atoms with E-state index in [2.05, 4.69) is 15.3 Å². The van der Waals surface area contributed by atoms with Crippen LogP contribution in [0.25, 0.3) is 5.32 Å². The summed E-state index contributed by atoms with van der Waals surface area (Å²) in [4.78, 5) is 8.19. The van der Waals surface area contributed by atoms with Gasteiger partial charge in [0.2, 0.25) is 0 Å². The minimum Gasteiger partial charge on any atom is -0.469 e. The van der Waals surface area contributed by atoms with Crippen LogP contribution >= 0.6 is 0 Å². The Morgan fingerprint density at radius 2 is 1.91 bits per heavy atom. The van der Waals surface area contributed by atoms with Crippen molar-refractivity contribution in [1.82, 2.24) is 9.97 Å². The normalized spacial score (nSPS) is 8.64. The molecule has 1 rings (SSSR count). The van der Waals surface area contributed by atoms with E-state index in [1.807, 2.05) is 19.9 Å². The summed E-state index contributed by atoms with van der Waals surface area (Å²) in [5.41, 5.74) is 0.966. The van der Waals surface area contributed by atoms with Gasteiger partial charge in [0, 0.05) is 11.5 Å². The molecule has 0 saturated carbocycles. The molecule has 0 radical (unpaired) electrons. The Labute approximate surface area is 116 Å². The number of nitrogens with zero attached hydrogens (tertiary/aromatic N) is 3. The van der Waals surface area contributed by atoms with E-state index >= 15 is 0 Å². The second kappa shape index (κ2) is 5.35. The standard InChI is InChI=1S/C7H10N3.Rb/c1-5-4-7(8-3)10-6(2)9-5;/h4H,1-3H3;/q-1;+1. The second-order valence-electron chi connectivity index (χ2n) is 2.14. The maximum atomic E-state index is 4.11. The molecule has 0 aromatic carbocycles. The van der Waals surface area contributed by atoms with Crippen LogP contribution in [0.1, 0.15) is 11.5 Å². The average molecular weight is 222 g/mol. The monoisotopic (exact) mass is 221 g/mol. The molecule has 0 amide bonds. The van der Waals surface area contributed by atoms with Crippen molar-refractivity contribution in [2.75, 3.05) is 7.05 Å². The Morgan fingerprint density at radius 1 is 1.27 bits per heavy atom. The predicted molar refractivity (Wildman–Crippen MR) is 40.4 cm³/mol. The Morgan fingerprint density at radius 3 is 2.36 bits per heavy atom. The fourth-order valence-corrected chi connectivity index (χ4v) is 0.812. The first-order chi connectivity index (χ1) is 4.72. The second-order valence-corrected chi connectivity index (χ2v) is 2.14. The zero-order chi connectivity index (χ0) is 7.56. The van der Waals surface area contributed by atoms with Crippen LogP contribution < -0.4 is 58.2 Å². The molecule has 1 heterocycles. The Bertz CT molecular complexity index is 217. The molecule has 3 nitrogen and oxygen atoms in total. The van der Waals surface area contributed by atoms with Gasteiger partial charge in [-0.3, -0.25) is 4.98 Å². The van der Waals surface area contributed by atoms with Crippen molar-refractivity contribution in [3.63, 3.8) is 0 Å². The van der Waals surface area contributed by atoms with E-state index in [0.717, 1.165) is 17.3 Å². The van der Waals surface area contributed by atoms with Gasteiger partial charge in [-0.15, -0.1) is 0 Å². The molecule has 0 aliphatic rings. The van der Waals surface area contributed by atoms with Crippen LogP contribution in [-0.4, -0.2) is 17.0 Å². The summed E-state index contributed by atoms with van der Waals surface area (Å²) in [6.07, 6.45) is 0. The van der Waals surface area contributed by atoms with E-state index in [-0.39, 0.29) is 58.2 Å². The molecule has 11 heavy (non-hydrogen) atoms. The van der Waals surface area contributed by atoms with Gasteiger partial charge in [0.05, 0.1) is 0 Å². The van der Waals surface area contributed by atoms with Crippen molar-refractivity contribution in [1.29, 1.82) is 0 Å². The molecule has 1 aromatic heterocycles. The topological polar surface area (TPSA) is 39.9 Å². The maximum Gasteiger partial charge on any atom is 1.00 e. The van der Waals surface area contributed by atoms with Crippen LogP contribution in [0.3, 0.4) is 0 Å². The number of rotatable bonds is 1. The van der Waals surface area contributed by atoms with Crippen LogP contribution in [0.4, 0.5) is 5.82 Å². The SMILES string of the molecule is C[N-]c1cc(C)nc(C)n1.[Rb+]. The molecule has 0 aliphatic carbocycles. The smallest absolute Gasteiger partial charge is 0.469 e. The molecule has 0 atom stereocenters. The van der Waals surface area contributed by atoms with Gasteiger partial charge in [-0.2, -0.15) is 0 Å². The number of hydrogen-bond acceptors (Lipinski definition) is 2. The van der Waals surface area contributed by atoms with Gasteiger partial charge in [-0.05, 0) is 19.9 Å². The van der Waals surface area contributed by atoms with Gasteiger partial charge in [0.15, 0.2) is 0 Å². The molecule has 4 heteroatoms. The molecule has 0 aliphatic heterocycles. The first-order valence-electron chi connectivity index (χ1n) is 3.14. The molecule has 0 spiro atoms. The van der Waals surface area contributed by atoms with E-state index in [9.17, 15) is 0 Å². The minimum absolute atomic E-state index is 0. The molecular formula is C7H10N3Rb. The third-order valence-electron chi connectivity index (χ3n) is 1.18. The summed E-state index contributed by atoms with van der Waals surface area (Å²) in [6.45, 7) is 3.80. The van der Waals surface area contributed by atoms with Crippen LogP contribution in [-0.2, 0) is 0 Å². The summed E-state index contributed by atoms with van der Waals surface area (Å²) in [5.74, 6) is 1.53. The summed E-state index contributed by atoms with van der Waals surface area (Å²) < 4.78 is 0. The number of aryl methyl sites for hydroxylation is 2. The van der Waals surface area contributed by atoms with E-state index < -0.39 is 0 Å². The molecule has 1 aromatic rings. The Balaban J connectivity index is 0.000001000. The van der Waals surface area contributed by atoms with Crippen LogP contribution in [0, 0.1) is 13.8 Å². The average Bonchev–Trinajstić information content (AvgIpc) is 1.85. The van der Waals surface area contributed by atoms with Crippen LogP contribution in [0.15, 0.2) is 6.07 Å². The fraction of sp³-hybridized carbons (Fsp3) is 0.429. The molecular weight excluding hydrogens is 212 g/mol. The van der Waals surface area contributed by atoms with Crippen molar-refractivity contribution >= 4 is 5.82 Å². The third-order valence-corrected chi connectivity index (χ3v) is 1.18. The van der Waals surface area contributed by atoms with E-state index in [4.69, 9.17) is 0 Å². The van der Waals surface area contributed by atoms with E-state index in [1.54, 1.807) is 7.05 Å². The first-order valence-corrected chi connectivity index (χ1v) is 3.14. The zero-order valence-electron chi connectivity index (χ0n) is 7.42. The van der Waals surface area contributed by atoms with Crippen LogP contribution in [0.2, 0.25) is 0 Å². The zero-order valence-corrected chi connectivity index (χ0v) is 12.3.